The molecule has 1 aromatic carbocycles. The number of likely N-dealkylation sites (tertiary alicyclic amines) is 1. The van der Waals surface area contributed by atoms with Gasteiger partial charge in [0.2, 0.25) is 5.91 Å². The molecule has 0 saturated carbocycles. The summed E-state index contributed by atoms with van der Waals surface area (Å²) < 4.78 is 5.64. The average molecular weight is 348 g/mol. The molecule has 2 heterocycles. The third-order valence-corrected chi connectivity index (χ3v) is 4.80. The molecule has 2 aliphatic rings. The number of hydrogen-bond donors (Lipinski definition) is 3. The Kier molecular flexibility index (Phi) is 5.67. The molecule has 0 aromatic heterocycles. The van der Waals surface area contributed by atoms with E-state index in [1.54, 1.807) is 29.2 Å². The van der Waals surface area contributed by atoms with Gasteiger partial charge in [0, 0.05) is 25.2 Å². The normalized spacial score (nSPS) is 29.0. The van der Waals surface area contributed by atoms with Crippen LogP contribution in [0.3, 0.4) is 0 Å². The molecule has 1 aromatic rings. The lowest BCUT2D eigenvalue weighted by atomic mass is 10.0. The smallest absolute Gasteiger partial charge is 0.251 e. The van der Waals surface area contributed by atoms with E-state index >= 15 is 0 Å². The quantitative estimate of drug-likeness (QED) is 0.691. The van der Waals surface area contributed by atoms with E-state index < -0.39 is 24.4 Å². The minimum atomic E-state index is -1.13. The number of nitrogens with one attached hydrogen (secondary N) is 1. The first-order valence-electron chi connectivity index (χ1n) is 8.69. The number of ether oxygens (including phenoxy) is 1. The van der Waals surface area contributed by atoms with Crippen LogP contribution in [-0.2, 0) is 9.53 Å². The number of carbonyl (C=O) groups excluding carboxylic acids is 2. The van der Waals surface area contributed by atoms with Crippen molar-refractivity contribution in [3.05, 3.63) is 35.9 Å². The van der Waals surface area contributed by atoms with E-state index in [1.807, 2.05) is 6.07 Å². The molecule has 3 N–H and O–H groups in total. The monoisotopic (exact) mass is 348 g/mol. The molecule has 3 rings (SSSR count). The summed E-state index contributed by atoms with van der Waals surface area (Å²) in [5, 5.41) is 23.0. The van der Waals surface area contributed by atoms with Crippen molar-refractivity contribution in [3.63, 3.8) is 0 Å². The summed E-state index contributed by atoms with van der Waals surface area (Å²) in [4.78, 5) is 26.0. The van der Waals surface area contributed by atoms with Crippen molar-refractivity contribution in [3.8, 4) is 0 Å². The Hall–Kier alpha value is -1.96. The van der Waals surface area contributed by atoms with E-state index in [4.69, 9.17) is 4.74 Å². The molecule has 2 aliphatic heterocycles. The van der Waals surface area contributed by atoms with Crippen LogP contribution in [0.25, 0.3) is 0 Å². The standard InChI is InChI=1S/C18H24N2O5/c21-15(20-8-4-5-9-20)10-13-16(22)17(23)14(25-13)11-19-18(24)12-6-2-1-3-7-12/h1-3,6-7,13-14,16-17,22-23H,4-5,8-11H2,(H,19,24)/t13-,14-,16-,17+/m0/s1. The number of benzene rings is 1. The lowest BCUT2D eigenvalue weighted by Gasteiger charge is -2.19. The van der Waals surface area contributed by atoms with Crippen molar-refractivity contribution in [1.29, 1.82) is 0 Å². The van der Waals surface area contributed by atoms with Gasteiger partial charge in [-0.25, -0.2) is 0 Å². The SMILES string of the molecule is O=C(NC[C@@H]1O[C@@H](CC(=O)N2CCCC2)[C@H](O)[C@@H]1O)c1ccccc1. The highest BCUT2D eigenvalue weighted by Gasteiger charge is 2.43. The van der Waals surface area contributed by atoms with Gasteiger partial charge in [-0.15, -0.1) is 0 Å². The number of rotatable bonds is 5. The van der Waals surface area contributed by atoms with Crippen molar-refractivity contribution in [2.45, 2.75) is 43.7 Å². The predicted molar refractivity (Wildman–Crippen MR) is 89.9 cm³/mol. The summed E-state index contributed by atoms with van der Waals surface area (Å²) in [5.74, 6) is -0.342. The minimum absolute atomic E-state index is 0.0430. The predicted octanol–water partition coefficient (Wildman–Crippen LogP) is -0.0819. The molecular formula is C18H24N2O5. The summed E-state index contributed by atoms with van der Waals surface area (Å²) in [5.41, 5.74) is 0.510. The van der Waals surface area contributed by atoms with Crippen molar-refractivity contribution in [2.75, 3.05) is 19.6 Å². The number of carbonyl (C=O) groups is 2. The first-order valence-corrected chi connectivity index (χ1v) is 8.69. The summed E-state index contributed by atoms with van der Waals surface area (Å²) in [7, 11) is 0. The van der Waals surface area contributed by atoms with E-state index in [2.05, 4.69) is 5.32 Å². The second-order valence-corrected chi connectivity index (χ2v) is 6.56. The van der Waals surface area contributed by atoms with Gasteiger partial charge in [0.05, 0.1) is 12.5 Å². The number of nitrogens with zero attached hydrogens (tertiary/aromatic N) is 1. The van der Waals surface area contributed by atoms with E-state index in [0.717, 1.165) is 25.9 Å². The van der Waals surface area contributed by atoms with Crippen LogP contribution >= 0.6 is 0 Å². The van der Waals surface area contributed by atoms with Crippen molar-refractivity contribution < 1.29 is 24.5 Å². The van der Waals surface area contributed by atoms with Crippen LogP contribution < -0.4 is 5.32 Å². The van der Waals surface area contributed by atoms with Gasteiger partial charge in [-0.05, 0) is 25.0 Å². The Morgan fingerprint density at radius 2 is 1.72 bits per heavy atom. The molecule has 2 saturated heterocycles. The van der Waals surface area contributed by atoms with Crippen LogP contribution in [0.2, 0.25) is 0 Å². The van der Waals surface area contributed by atoms with Crippen LogP contribution in [-0.4, -0.2) is 71.0 Å². The zero-order valence-corrected chi connectivity index (χ0v) is 14.0. The molecule has 7 heteroatoms. The summed E-state index contributed by atoms with van der Waals surface area (Å²) >= 11 is 0. The lowest BCUT2D eigenvalue weighted by Crippen LogP contribution is -2.40. The van der Waals surface area contributed by atoms with Gasteiger partial charge in [0.15, 0.2) is 0 Å². The van der Waals surface area contributed by atoms with Crippen molar-refractivity contribution in [1.82, 2.24) is 10.2 Å². The molecule has 0 unspecified atom stereocenters. The molecule has 2 fully saturated rings. The third-order valence-electron chi connectivity index (χ3n) is 4.80. The molecule has 7 nitrogen and oxygen atoms in total. The highest BCUT2D eigenvalue weighted by molar-refractivity contribution is 5.94. The zero-order chi connectivity index (χ0) is 17.8. The van der Waals surface area contributed by atoms with Gasteiger partial charge in [-0.2, -0.15) is 0 Å². The van der Waals surface area contributed by atoms with E-state index in [9.17, 15) is 19.8 Å². The Labute approximate surface area is 146 Å². The number of amides is 2. The van der Waals surface area contributed by atoms with E-state index in [1.165, 1.54) is 0 Å². The molecule has 136 valence electrons. The minimum Gasteiger partial charge on any atom is -0.388 e. The fourth-order valence-electron chi connectivity index (χ4n) is 3.32. The maximum atomic E-state index is 12.2. The molecule has 0 aliphatic carbocycles. The van der Waals surface area contributed by atoms with Gasteiger partial charge < -0.3 is 25.2 Å². The molecule has 0 radical (unpaired) electrons. The molecular weight excluding hydrogens is 324 g/mol. The van der Waals surface area contributed by atoms with Gasteiger partial charge in [-0.1, -0.05) is 18.2 Å². The fraction of sp³-hybridized carbons (Fsp3) is 0.556. The summed E-state index contributed by atoms with van der Waals surface area (Å²) in [6.07, 6.45) is -1.72. The number of aliphatic hydroxyl groups is 2. The van der Waals surface area contributed by atoms with Crippen LogP contribution in [0.5, 0.6) is 0 Å². The fourth-order valence-corrected chi connectivity index (χ4v) is 3.32. The highest BCUT2D eigenvalue weighted by atomic mass is 16.5. The maximum absolute atomic E-state index is 12.2. The lowest BCUT2D eigenvalue weighted by molar-refractivity contribution is -0.134. The van der Waals surface area contributed by atoms with Gasteiger partial charge in [0.1, 0.15) is 18.3 Å². The van der Waals surface area contributed by atoms with Crippen LogP contribution in [0.15, 0.2) is 30.3 Å². The van der Waals surface area contributed by atoms with Gasteiger partial charge >= 0.3 is 0 Å². The van der Waals surface area contributed by atoms with Crippen LogP contribution in [0, 0.1) is 0 Å². The summed E-state index contributed by atoms with van der Waals surface area (Å²) in [6.45, 7) is 1.54. The van der Waals surface area contributed by atoms with E-state index in [0.29, 0.717) is 5.56 Å². The van der Waals surface area contributed by atoms with Gasteiger partial charge in [-0.3, -0.25) is 9.59 Å². The van der Waals surface area contributed by atoms with E-state index in [-0.39, 0.29) is 24.8 Å². The van der Waals surface area contributed by atoms with Crippen LogP contribution in [0.1, 0.15) is 29.6 Å². The molecule has 4 atom stereocenters. The Bertz CT molecular complexity index is 603. The van der Waals surface area contributed by atoms with Crippen LogP contribution in [0.4, 0.5) is 0 Å². The largest absolute Gasteiger partial charge is 0.388 e. The Morgan fingerprint density at radius 3 is 2.40 bits per heavy atom. The van der Waals surface area contributed by atoms with Gasteiger partial charge in [0.25, 0.3) is 5.91 Å². The number of aliphatic hydroxyl groups excluding tert-OH is 2. The second kappa shape index (κ2) is 7.95. The van der Waals surface area contributed by atoms with Crippen molar-refractivity contribution in [2.24, 2.45) is 0 Å². The second-order valence-electron chi connectivity index (χ2n) is 6.56. The third kappa shape index (κ3) is 4.18. The first kappa shape index (κ1) is 17.8. The highest BCUT2D eigenvalue weighted by Crippen LogP contribution is 2.24. The average Bonchev–Trinajstić information content (AvgIpc) is 3.25. The summed E-state index contributed by atoms with van der Waals surface area (Å²) in [6, 6.07) is 8.72. The topological polar surface area (TPSA) is 99.1 Å². The molecule has 2 amide bonds. The maximum Gasteiger partial charge on any atom is 0.251 e. The zero-order valence-electron chi connectivity index (χ0n) is 14.0. The molecule has 25 heavy (non-hydrogen) atoms. The first-order chi connectivity index (χ1) is 12.1. The Balaban J connectivity index is 1.51. The van der Waals surface area contributed by atoms with Crippen molar-refractivity contribution >= 4 is 11.8 Å². The molecule has 0 spiro atoms. The number of hydrogen-bond acceptors (Lipinski definition) is 5. The molecule has 0 bridgehead atoms. The Morgan fingerprint density at radius 1 is 1.08 bits per heavy atom.